The second kappa shape index (κ2) is 12.6. The van der Waals surface area contributed by atoms with Crippen molar-refractivity contribution >= 4 is 18.2 Å². The van der Waals surface area contributed by atoms with E-state index in [-0.39, 0.29) is 6.54 Å². The van der Waals surface area contributed by atoms with Crippen molar-refractivity contribution in [2.75, 3.05) is 13.1 Å². The first-order valence-electron chi connectivity index (χ1n) is 5.32. The first kappa shape index (κ1) is 17.9. The standard InChI is InChI=1S/C8H16N2O2.C2H5NO2/c1-2-10-7(8(11)12)5-3-4-6-9;3-1-2(4)5/h2,7H,3-6,9H2,1H3,(H,11,12);1,3H2,(H,4,5)/t7-;/m0./s1. The second-order valence-electron chi connectivity index (χ2n) is 3.14. The zero-order chi connectivity index (χ0) is 13.7. The minimum atomic E-state index is -0.968. The van der Waals surface area contributed by atoms with Crippen molar-refractivity contribution in [1.29, 1.82) is 0 Å². The van der Waals surface area contributed by atoms with Gasteiger partial charge in [0.1, 0.15) is 6.04 Å². The molecule has 0 amide bonds. The van der Waals surface area contributed by atoms with Gasteiger partial charge in [0.2, 0.25) is 0 Å². The van der Waals surface area contributed by atoms with Crippen molar-refractivity contribution in [2.45, 2.75) is 32.2 Å². The van der Waals surface area contributed by atoms with Gasteiger partial charge in [-0.3, -0.25) is 9.79 Å². The van der Waals surface area contributed by atoms with Gasteiger partial charge in [0.05, 0.1) is 6.54 Å². The van der Waals surface area contributed by atoms with Gasteiger partial charge in [0.15, 0.2) is 0 Å². The van der Waals surface area contributed by atoms with E-state index >= 15 is 0 Å². The fraction of sp³-hybridized carbons (Fsp3) is 0.700. The second-order valence-corrected chi connectivity index (χ2v) is 3.14. The predicted molar refractivity (Wildman–Crippen MR) is 65.2 cm³/mol. The van der Waals surface area contributed by atoms with Crippen LogP contribution in [0.15, 0.2) is 4.99 Å². The van der Waals surface area contributed by atoms with E-state index < -0.39 is 18.0 Å². The summed E-state index contributed by atoms with van der Waals surface area (Å²) in [6.07, 6.45) is 3.80. The van der Waals surface area contributed by atoms with Crippen LogP contribution in [0.1, 0.15) is 26.2 Å². The Morgan fingerprint density at radius 2 is 1.82 bits per heavy atom. The van der Waals surface area contributed by atoms with Crippen LogP contribution >= 0.6 is 0 Å². The maximum atomic E-state index is 10.5. The third-order valence-electron chi connectivity index (χ3n) is 1.72. The lowest BCUT2D eigenvalue weighted by Crippen LogP contribution is -2.18. The van der Waals surface area contributed by atoms with Crippen LogP contribution < -0.4 is 11.5 Å². The Morgan fingerprint density at radius 1 is 1.29 bits per heavy atom. The lowest BCUT2D eigenvalue weighted by Gasteiger charge is -2.05. The Kier molecular flexibility index (Phi) is 13.3. The molecule has 0 heterocycles. The van der Waals surface area contributed by atoms with Gasteiger partial charge >= 0.3 is 11.9 Å². The summed E-state index contributed by atoms with van der Waals surface area (Å²) < 4.78 is 0. The average Bonchev–Trinajstić information content (AvgIpc) is 2.28. The summed E-state index contributed by atoms with van der Waals surface area (Å²) in [7, 11) is 0. The molecule has 0 aromatic rings. The topological polar surface area (TPSA) is 139 Å². The van der Waals surface area contributed by atoms with Crippen molar-refractivity contribution < 1.29 is 19.8 Å². The zero-order valence-corrected chi connectivity index (χ0v) is 10.0. The van der Waals surface area contributed by atoms with E-state index in [0.29, 0.717) is 13.0 Å². The summed E-state index contributed by atoms with van der Waals surface area (Å²) in [4.78, 5) is 23.6. The molecule has 0 saturated heterocycles. The van der Waals surface area contributed by atoms with E-state index in [1.165, 1.54) is 6.21 Å². The first-order valence-corrected chi connectivity index (χ1v) is 5.32. The van der Waals surface area contributed by atoms with E-state index in [4.69, 9.17) is 15.9 Å². The molecule has 0 radical (unpaired) electrons. The number of carboxylic acids is 2. The number of nitrogens with zero attached hydrogens (tertiary/aromatic N) is 1. The Morgan fingerprint density at radius 3 is 2.12 bits per heavy atom. The van der Waals surface area contributed by atoms with Gasteiger partial charge in [-0.15, -0.1) is 0 Å². The van der Waals surface area contributed by atoms with Gasteiger partial charge in [0.25, 0.3) is 0 Å². The van der Waals surface area contributed by atoms with E-state index in [1.807, 2.05) is 0 Å². The Bertz CT molecular complexity index is 244. The largest absolute Gasteiger partial charge is 0.480 e. The molecule has 100 valence electrons. The molecule has 0 fully saturated rings. The average molecular weight is 247 g/mol. The van der Waals surface area contributed by atoms with Crippen LogP contribution in [0.2, 0.25) is 0 Å². The fourth-order valence-corrected chi connectivity index (χ4v) is 0.924. The third kappa shape index (κ3) is 14.5. The summed E-state index contributed by atoms with van der Waals surface area (Å²) in [6.45, 7) is 2.06. The molecule has 0 aliphatic rings. The molecule has 0 aromatic carbocycles. The number of aliphatic imine (C=N–C) groups is 1. The molecule has 7 heteroatoms. The van der Waals surface area contributed by atoms with Crippen LogP contribution in [0.5, 0.6) is 0 Å². The fourth-order valence-electron chi connectivity index (χ4n) is 0.924. The van der Waals surface area contributed by atoms with Crippen LogP contribution in [0.25, 0.3) is 0 Å². The Labute approximate surface area is 101 Å². The summed E-state index contributed by atoms with van der Waals surface area (Å²) in [5.74, 6) is -1.82. The zero-order valence-electron chi connectivity index (χ0n) is 10.0. The van der Waals surface area contributed by atoms with Gasteiger partial charge < -0.3 is 21.7 Å². The normalized spacial score (nSPS) is 11.7. The van der Waals surface area contributed by atoms with E-state index in [9.17, 15) is 9.59 Å². The van der Waals surface area contributed by atoms with E-state index in [2.05, 4.69) is 10.7 Å². The van der Waals surface area contributed by atoms with Crippen LogP contribution in [-0.2, 0) is 9.59 Å². The van der Waals surface area contributed by atoms with Gasteiger partial charge in [-0.05, 0) is 38.9 Å². The third-order valence-corrected chi connectivity index (χ3v) is 1.72. The summed E-state index contributed by atoms with van der Waals surface area (Å²) in [6, 6.07) is -0.582. The Hall–Kier alpha value is -1.47. The molecule has 0 aliphatic heterocycles. The van der Waals surface area contributed by atoms with Gasteiger partial charge in [-0.1, -0.05) is 0 Å². The van der Waals surface area contributed by atoms with Crippen molar-refractivity contribution in [3.8, 4) is 0 Å². The van der Waals surface area contributed by atoms with Gasteiger partial charge in [0, 0.05) is 0 Å². The number of unbranched alkanes of at least 4 members (excludes halogenated alkanes) is 1. The highest BCUT2D eigenvalue weighted by molar-refractivity contribution is 5.75. The molecule has 0 aliphatic carbocycles. The number of aliphatic carboxylic acids is 2. The van der Waals surface area contributed by atoms with Crippen molar-refractivity contribution in [2.24, 2.45) is 16.5 Å². The minimum Gasteiger partial charge on any atom is -0.480 e. The number of nitrogens with two attached hydrogens (primary N) is 2. The molecular formula is C10H21N3O4. The van der Waals surface area contributed by atoms with Crippen LogP contribution in [0.4, 0.5) is 0 Å². The Balaban J connectivity index is 0. The lowest BCUT2D eigenvalue weighted by molar-refractivity contribution is -0.138. The number of rotatable bonds is 7. The molecule has 0 rings (SSSR count). The first-order chi connectivity index (χ1) is 7.99. The molecule has 0 saturated carbocycles. The molecule has 0 bridgehead atoms. The highest BCUT2D eigenvalue weighted by Crippen LogP contribution is 2.03. The lowest BCUT2D eigenvalue weighted by atomic mass is 10.1. The molecule has 0 unspecified atom stereocenters. The number of hydrogen-bond acceptors (Lipinski definition) is 5. The SMILES string of the molecule is CC=N[C@@H](CCCCN)C(=O)O.NCC(=O)O. The van der Waals surface area contributed by atoms with E-state index in [1.54, 1.807) is 6.92 Å². The quantitative estimate of drug-likeness (QED) is 0.359. The van der Waals surface area contributed by atoms with Gasteiger partial charge in [-0.25, -0.2) is 4.79 Å². The van der Waals surface area contributed by atoms with E-state index in [0.717, 1.165) is 12.8 Å². The highest BCUT2D eigenvalue weighted by Gasteiger charge is 2.13. The van der Waals surface area contributed by atoms with Crippen molar-refractivity contribution in [3.05, 3.63) is 0 Å². The summed E-state index contributed by atoms with van der Waals surface area (Å²) in [5.41, 5.74) is 9.85. The van der Waals surface area contributed by atoms with Crippen molar-refractivity contribution in [3.63, 3.8) is 0 Å². The molecule has 7 nitrogen and oxygen atoms in total. The number of carboxylic acid groups (broad SMARTS) is 2. The highest BCUT2D eigenvalue weighted by atomic mass is 16.4. The van der Waals surface area contributed by atoms with Crippen molar-refractivity contribution in [1.82, 2.24) is 0 Å². The number of carbonyl (C=O) groups is 2. The molecule has 1 atom stereocenters. The van der Waals surface area contributed by atoms with Crippen LogP contribution in [0, 0.1) is 0 Å². The molecule has 0 aromatic heterocycles. The molecule has 6 N–H and O–H groups in total. The maximum absolute atomic E-state index is 10.5. The van der Waals surface area contributed by atoms with Crippen LogP contribution in [-0.4, -0.2) is 47.5 Å². The molecular weight excluding hydrogens is 226 g/mol. The minimum absolute atomic E-state index is 0.278. The summed E-state index contributed by atoms with van der Waals surface area (Å²) in [5, 5.41) is 16.3. The predicted octanol–water partition coefficient (Wildman–Crippen LogP) is -0.311. The van der Waals surface area contributed by atoms with Crippen LogP contribution in [0.3, 0.4) is 0 Å². The monoisotopic (exact) mass is 247 g/mol. The molecule has 17 heavy (non-hydrogen) atoms. The maximum Gasteiger partial charge on any atom is 0.328 e. The molecule has 0 spiro atoms. The van der Waals surface area contributed by atoms with Gasteiger partial charge in [-0.2, -0.15) is 0 Å². The smallest absolute Gasteiger partial charge is 0.328 e. The summed E-state index contributed by atoms with van der Waals surface area (Å²) >= 11 is 0. The number of hydrogen-bond donors (Lipinski definition) is 4.